The third-order valence-corrected chi connectivity index (χ3v) is 4.40. The number of aromatic amines is 1. The molecule has 118 valence electrons. The second kappa shape index (κ2) is 4.49. The number of nitrogens with zero attached hydrogens (tertiary/aromatic N) is 1. The van der Waals surface area contributed by atoms with E-state index in [9.17, 15) is 13.2 Å². The molecular formula is C14H16BF3N2O2. The first-order chi connectivity index (χ1) is 10.0. The Balaban J connectivity index is 2.10. The van der Waals surface area contributed by atoms with Gasteiger partial charge in [-0.2, -0.15) is 18.3 Å². The lowest BCUT2D eigenvalue weighted by atomic mass is 9.77. The van der Waals surface area contributed by atoms with Crippen LogP contribution in [0.25, 0.3) is 10.9 Å². The number of benzene rings is 1. The highest BCUT2D eigenvalue weighted by molar-refractivity contribution is 6.62. The standard InChI is InChI=1S/C14H16BF3N2O2/c1-12(2)13(3,4)22-15(21-12)9-5-8-7-19-20-11(8)10(6-9)14(16,17)18/h5-7H,1-4H3,(H,19,20). The van der Waals surface area contributed by atoms with Gasteiger partial charge in [-0.25, -0.2) is 0 Å². The monoisotopic (exact) mass is 312 g/mol. The highest BCUT2D eigenvalue weighted by Crippen LogP contribution is 2.38. The first kappa shape index (κ1) is 15.4. The molecular weight excluding hydrogens is 296 g/mol. The Morgan fingerprint density at radius 3 is 2.23 bits per heavy atom. The van der Waals surface area contributed by atoms with E-state index in [-0.39, 0.29) is 5.52 Å². The number of halogens is 3. The molecule has 0 saturated carbocycles. The molecule has 0 unspecified atom stereocenters. The van der Waals surface area contributed by atoms with Crippen molar-refractivity contribution >= 4 is 23.5 Å². The maximum Gasteiger partial charge on any atom is 0.494 e. The van der Waals surface area contributed by atoms with Gasteiger partial charge in [0.1, 0.15) is 0 Å². The van der Waals surface area contributed by atoms with Crippen molar-refractivity contribution in [2.24, 2.45) is 0 Å². The van der Waals surface area contributed by atoms with Crippen LogP contribution in [0.2, 0.25) is 0 Å². The normalized spacial score (nSPS) is 20.8. The minimum Gasteiger partial charge on any atom is -0.399 e. The molecule has 0 bridgehead atoms. The van der Waals surface area contributed by atoms with E-state index >= 15 is 0 Å². The van der Waals surface area contributed by atoms with Gasteiger partial charge < -0.3 is 9.31 Å². The fraction of sp³-hybridized carbons (Fsp3) is 0.500. The minimum atomic E-state index is -4.48. The third-order valence-electron chi connectivity index (χ3n) is 4.40. The number of rotatable bonds is 1. The van der Waals surface area contributed by atoms with Gasteiger partial charge in [-0.05, 0) is 39.2 Å². The van der Waals surface area contributed by atoms with Crippen molar-refractivity contribution in [1.29, 1.82) is 0 Å². The Hall–Kier alpha value is -1.54. The lowest BCUT2D eigenvalue weighted by molar-refractivity contribution is -0.136. The van der Waals surface area contributed by atoms with Crippen molar-refractivity contribution in [2.75, 3.05) is 0 Å². The number of nitrogens with one attached hydrogen (secondary N) is 1. The summed E-state index contributed by atoms with van der Waals surface area (Å²) < 4.78 is 51.4. The van der Waals surface area contributed by atoms with Crippen molar-refractivity contribution in [1.82, 2.24) is 10.2 Å². The van der Waals surface area contributed by atoms with Gasteiger partial charge in [0.05, 0.1) is 28.5 Å². The van der Waals surface area contributed by atoms with Crippen LogP contribution in [-0.2, 0) is 15.5 Å². The Kier molecular flexibility index (Phi) is 3.13. The molecule has 1 saturated heterocycles. The van der Waals surface area contributed by atoms with Gasteiger partial charge in [0, 0.05) is 5.39 Å². The molecule has 3 rings (SSSR count). The van der Waals surface area contributed by atoms with E-state index in [1.165, 1.54) is 6.20 Å². The van der Waals surface area contributed by atoms with Crippen LogP contribution in [0.4, 0.5) is 13.2 Å². The molecule has 4 nitrogen and oxygen atoms in total. The lowest BCUT2D eigenvalue weighted by Crippen LogP contribution is -2.41. The second-order valence-electron chi connectivity index (χ2n) is 6.49. The van der Waals surface area contributed by atoms with Gasteiger partial charge in [0.25, 0.3) is 0 Å². The summed E-state index contributed by atoms with van der Waals surface area (Å²) in [5.41, 5.74) is -1.69. The minimum absolute atomic E-state index is 0.0345. The van der Waals surface area contributed by atoms with Gasteiger partial charge in [0.2, 0.25) is 0 Å². The van der Waals surface area contributed by atoms with E-state index in [0.717, 1.165) is 6.07 Å². The Labute approximate surface area is 126 Å². The largest absolute Gasteiger partial charge is 0.494 e. The molecule has 1 aromatic heterocycles. The van der Waals surface area contributed by atoms with E-state index in [1.54, 1.807) is 6.07 Å². The number of hydrogen-bond donors (Lipinski definition) is 1. The summed E-state index contributed by atoms with van der Waals surface area (Å²) in [6.45, 7) is 7.42. The third kappa shape index (κ3) is 2.30. The fourth-order valence-electron chi connectivity index (χ4n) is 2.42. The van der Waals surface area contributed by atoms with Crippen LogP contribution < -0.4 is 5.46 Å². The highest BCUT2D eigenvalue weighted by atomic mass is 19.4. The van der Waals surface area contributed by atoms with E-state index in [4.69, 9.17) is 9.31 Å². The van der Waals surface area contributed by atoms with Crippen LogP contribution in [0.5, 0.6) is 0 Å². The fourth-order valence-corrected chi connectivity index (χ4v) is 2.42. The molecule has 0 amide bonds. The number of fused-ring (bicyclic) bond motifs is 1. The zero-order valence-corrected chi connectivity index (χ0v) is 12.7. The van der Waals surface area contributed by atoms with Crippen LogP contribution in [-0.4, -0.2) is 28.5 Å². The number of H-pyrrole nitrogens is 1. The van der Waals surface area contributed by atoms with Gasteiger partial charge in [-0.1, -0.05) is 6.07 Å². The lowest BCUT2D eigenvalue weighted by Gasteiger charge is -2.32. The molecule has 0 radical (unpaired) electrons. The maximum atomic E-state index is 13.2. The quantitative estimate of drug-likeness (QED) is 0.824. The molecule has 1 N–H and O–H groups in total. The van der Waals surface area contributed by atoms with Gasteiger partial charge in [-0.3, -0.25) is 5.10 Å². The summed E-state index contributed by atoms with van der Waals surface area (Å²) in [6, 6.07) is 2.67. The van der Waals surface area contributed by atoms with Gasteiger partial charge in [-0.15, -0.1) is 0 Å². The average molecular weight is 312 g/mol. The van der Waals surface area contributed by atoms with Crippen LogP contribution in [0.15, 0.2) is 18.3 Å². The summed E-state index contributed by atoms with van der Waals surface area (Å²) in [6.07, 6.45) is -3.12. The van der Waals surface area contributed by atoms with Crippen LogP contribution in [0.3, 0.4) is 0 Å². The topological polar surface area (TPSA) is 47.1 Å². The molecule has 0 atom stereocenters. The van der Waals surface area contributed by atoms with Gasteiger partial charge >= 0.3 is 13.3 Å². The Bertz CT molecular complexity index is 708. The predicted molar refractivity (Wildman–Crippen MR) is 76.8 cm³/mol. The molecule has 8 heteroatoms. The molecule has 22 heavy (non-hydrogen) atoms. The van der Waals surface area contributed by atoms with Crippen molar-refractivity contribution in [3.8, 4) is 0 Å². The highest BCUT2D eigenvalue weighted by Gasteiger charge is 2.52. The smallest absolute Gasteiger partial charge is 0.399 e. The zero-order valence-electron chi connectivity index (χ0n) is 12.7. The molecule has 2 aromatic rings. The van der Waals surface area contributed by atoms with Crippen LogP contribution in [0.1, 0.15) is 33.3 Å². The van der Waals surface area contributed by atoms with E-state index < -0.39 is 30.1 Å². The molecule has 1 aromatic carbocycles. The van der Waals surface area contributed by atoms with Crippen molar-refractivity contribution in [3.05, 3.63) is 23.9 Å². The SMILES string of the molecule is CC1(C)OB(c2cc(C(F)(F)F)c3[nH]ncc3c2)OC1(C)C. The van der Waals surface area contributed by atoms with Crippen molar-refractivity contribution < 1.29 is 22.5 Å². The molecule has 0 spiro atoms. The van der Waals surface area contributed by atoms with E-state index in [0.29, 0.717) is 10.8 Å². The Morgan fingerprint density at radius 2 is 1.68 bits per heavy atom. The van der Waals surface area contributed by atoms with Crippen LogP contribution in [0, 0.1) is 0 Å². The van der Waals surface area contributed by atoms with Crippen molar-refractivity contribution in [2.45, 2.75) is 45.1 Å². The molecule has 1 aliphatic heterocycles. The van der Waals surface area contributed by atoms with Crippen molar-refractivity contribution in [3.63, 3.8) is 0 Å². The van der Waals surface area contributed by atoms with Crippen LogP contribution >= 0.6 is 0 Å². The number of aromatic nitrogens is 2. The summed E-state index contributed by atoms with van der Waals surface area (Å²) in [4.78, 5) is 0. The number of alkyl halides is 3. The first-order valence-electron chi connectivity index (χ1n) is 6.91. The van der Waals surface area contributed by atoms with Gasteiger partial charge in [0.15, 0.2) is 0 Å². The summed E-state index contributed by atoms with van der Waals surface area (Å²) in [5.74, 6) is 0. The maximum absolute atomic E-state index is 13.2. The first-order valence-corrected chi connectivity index (χ1v) is 6.91. The summed E-state index contributed by atoms with van der Waals surface area (Å²) in [5, 5.41) is 6.46. The molecule has 0 aliphatic carbocycles. The summed E-state index contributed by atoms with van der Waals surface area (Å²) >= 11 is 0. The average Bonchev–Trinajstić information content (AvgIpc) is 2.89. The summed E-state index contributed by atoms with van der Waals surface area (Å²) in [7, 11) is -0.842. The van der Waals surface area contributed by atoms with E-state index in [1.807, 2.05) is 27.7 Å². The molecule has 1 aliphatic rings. The molecule has 2 heterocycles. The zero-order chi connectivity index (χ0) is 16.3. The predicted octanol–water partition coefficient (Wildman–Crippen LogP) is 2.88. The second-order valence-corrected chi connectivity index (χ2v) is 6.49. The Morgan fingerprint density at radius 1 is 1.09 bits per heavy atom. The molecule has 1 fully saturated rings. The number of hydrogen-bond acceptors (Lipinski definition) is 3. The van der Waals surface area contributed by atoms with E-state index in [2.05, 4.69) is 10.2 Å².